The van der Waals surface area contributed by atoms with Crippen molar-refractivity contribution in [3.8, 4) is 0 Å². The summed E-state index contributed by atoms with van der Waals surface area (Å²) in [6.07, 6.45) is 0. The maximum atomic E-state index is 3.94. The third-order valence-corrected chi connectivity index (χ3v) is 3.57. The van der Waals surface area contributed by atoms with Crippen molar-refractivity contribution in [1.82, 2.24) is 25.1 Å². The lowest BCUT2D eigenvalue weighted by Gasteiger charge is -2.15. The Bertz CT molecular complexity index is 470. The smallest absolute Gasteiger partial charge is 0.209 e. The van der Waals surface area contributed by atoms with E-state index in [2.05, 4.69) is 51.7 Å². The van der Waals surface area contributed by atoms with Crippen LogP contribution < -0.4 is 0 Å². The van der Waals surface area contributed by atoms with Gasteiger partial charge in [0.05, 0.1) is 0 Å². The molecule has 0 fully saturated rings. The number of hydrogen-bond acceptors (Lipinski definition) is 5. The molecule has 2 rings (SSSR count). The summed E-state index contributed by atoms with van der Waals surface area (Å²) in [6.45, 7) is 1.98. The second kappa shape index (κ2) is 6.51. The highest BCUT2D eigenvalue weighted by Crippen LogP contribution is 2.12. The number of aromatic nitrogens is 4. The van der Waals surface area contributed by atoms with E-state index in [1.165, 1.54) is 5.56 Å². The Balaban J connectivity index is 1.72. The van der Waals surface area contributed by atoms with Gasteiger partial charge in [-0.2, -0.15) is 0 Å². The molecule has 0 amide bonds. The average Bonchev–Trinajstić information content (AvgIpc) is 2.76. The first-order valence-electron chi connectivity index (χ1n) is 5.83. The Kier molecular flexibility index (Phi) is 4.72. The molecule has 0 aliphatic heterocycles. The van der Waals surface area contributed by atoms with E-state index in [1.807, 2.05) is 13.1 Å². The summed E-state index contributed by atoms with van der Waals surface area (Å²) in [6, 6.07) is 10.5. The van der Waals surface area contributed by atoms with Gasteiger partial charge in [-0.3, -0.25) is 0 Å². The molecule has 0 saturated heterocycles. The highest BCUT2D eigenvalue weighted by Gasteiger charge is 2.04. The molecule has 0 N–H and O–H groups in total. The van der Waals surface area contributed by atoms with E-state index < -0.39 is 0 Å². The van der Waals surface area contributed by atoms with Gasteiger partial charge < -0.3 is 4.90 Å². The molecule has 1 heterocycles. The zero-order chi connectivity index (χ0) is 12.8. The first-order chi connectivity index (χ1) is 8.75. The fourth-order valence-corrected chi connectivity index (χ4v) is 2.51. The summed E-state index contributed by atoms with van der Waals surface area (Å²) < 4.78 is 1.70. The van der Waals surface area contributed by atoms with Crippen molar-refractivity contribution in [3.63, 3.8) is 0 Å². The minimum absolute atomic E-state index is 0.864. The quantitative estimate of drug-likeness (QED) is 0.738. The van der Waals surface area contributed by atoms with Crippen molar-refractivity contribution < 1.29 is 0 Å². The van der Waals surface area contributed by atoms with Gasteiger partial charge in [0.25, 0.3) is 0 Å². The largest absolute Gasteiger partial charge is 0.301 e. The standard InChI is InChI=1S/C12H17N5S/c1-16(10-11-6-4-3-5-7-11)8-9-18-12-13-14-15-17(12)2/h3-7H,8-10H2,1-2H3. The van der Waals surface area contributed by atoms with Crippen LogP contribution in [0, 0.1) is 0 Å². The van der Waals surface area contributed by atoms with Crippen molar-refractivity contribution in [3.05, 3.63) is 35.9 Å². The van der Waals surface area contributed by atoms with Crippen LogP contribution in [0.2, 0.25) is 0 Å². The molecule has 6 heteroatoms. The Hall–Kier alpha value is -1.40. The van der Waals surface area contributed by atoms with Gasteiger partial charge >= 0.3 is 0 Å². The molecule has 96 valence electrons. The number of tetrazole rings is 1. The van der Waals surface area contributed by atoms with Crippen molar-refractivity contribution in [2.24, 2.45) is 7.05 Å². The Labute approximate surface area is 111 Å². The van der Waals surface area contributed by atoms with Crippen LogP contribution in [-0.2, 0) is 13.6 Å². The zero-order valence-corrected chi connectivity index (χ0v) is 11.5. The Morgan fingerprint density at radius 3 is 2.72 bits per heavy atom. The molecular formula is C12H17N5S. The van der Waals surface area contributed by atoms with E-state index in [9.17, 15) is 0 Å². The first-order valence-corrected chi connectivity index (χ1v) is 6.82. The normalized spacial score (nSPS) is 11.1. The number of nitrogens with zero attached hydrogens (tertiary/aromatic N) is 5. The van der Waals surface area contributed by atoms with E-state index in [0.717, 1.165) is 24.0 Å². The number of hydrogen-bond donors (Lipinski definition) is 0. The molecule has 0 unspecified atom stereocenters. The molecule has 0 bridgehead atoms. The molecule has 2 aromatic rings. The average molecular weight is 263 g/mol. The maximum absolute atomic E-state index is 3.94. The topological polar surface area (TPSA) is 46.8 Å². The minimum atomic E-state index is 0.864. The number of aryl methyl sites for hydroxylation is 1. The van der Waals surface area contributed by atoms with Crippen LogP contribution in [0.15, 0.2) is 35.5 Å². The lowest BCUT2D eigenvalue weighted by Crippen LogP contribution is -2.20. The van der Waals surface area contributed by atoms with E-state index in [4.69, 9.17) is 0 Å². The molecule has 0 aliphatic carbocycles. The molecule has 18 heavy (non-hydrogen) atoms. The van der Waals surface area contributed by atoms with Crippen LogP contribution in [0.25, 0.3) is 0 Å². The van der Waals surface area contributed by atoms with E-state index in [0.29, 0.717) is 0 Å². The van der Waals surface area contributed by atoms with Crippen LogP contribution >= 0.6 is 11.8 Å². The summed E-state index contributed by atoms with van der Waals surface area (Å²) in [5.74, 6) is 0.984. The fraction of sp³-hybridized carbons (Fsp3) is 0.417. The van der Waals surface area contributed by atoms with Crippen LogP contribution in [0.3, 0.4) is 0 Å². The monoisotopic (exact) mass is 263 g/mol. The van der Waals surface area contributed by atoms with Gasteiger partial charge in [0.1, 0.15) is 0 Å². The zero-order valence-electron chi connectivity index (χ0n) is 10.7. The molecule has 0 saturated carbocycles. The van der Waals surface area contributed by atoms with Gasteiger partial charge in [-0.15, -0.1) is 5.10 Å². The summed E-state index contributed by atoms with van der Waals surface area (Å²) in [4.78, 5) is 2.30. The van der Waals surface area contributed by atoms with Gasteiger partial charge in [-0.25, -0.2) is 4.68 Å². The van der Waals surface area contributed by atoms with E-state index >= 15 is 0 Å². The highest BCUT2D eigenvalue weighted by molar-refractivity contribution is 7.99. The van der Waals surface area contributed by atoms with Gasteiger partial charge in [-0.05, 0) is 23.0 Å². The Morgan fingerprint density at radius 1 is 1.28 bits per heavy atom. The second-order valence-corrected chi connectivity index (χ2v) is 5.22. The summed E-state index contributed by atoms with van der Waals surface area (Å²) >= 11 is 1.68. The van der Waals surface area contributed by atoms with Gasteiger partial charge in [0.15, 0.2) is 0 Å². The lowest BCUT2D eigenvalue weighted by molar-refractivity contribution is 0.348. The highest BCUT2D eigenvalue weighted by atomic mass is 32.2. The maximum Gasteiger partial charge on any atom is 0.209 e. The van der Waals surface area contributed by atoms with Crippen molar-refractivity contribution in [2.75, 3.05) is 19.3 Å². The van der Waals surface area contributed by atoms with Crippen molar-refractivity contribution in [2.45, 2.75) is 11.7 Å². The predicted molar refractivity (Wildman–Crippen MR) is 72.3 cm³/mol. The van der Waals surface area contributed by atoms with E-state index in [1.54, 1.807) is 16.4 Å². The van der Waals surface area contributed by atoms with Crippen molar-refractivity contribution in [1.29, 1.82) is 0 Å². The first kappa shape index (κ1) is 13.0. The van der Waals surface area contributed by atoms with Crippen LogP contribution in [0.1, 0.15) is 5.56 Å². The fourth-order valence-electron chi connectivity index (χ4n) is 1.61. The number of thioether (sulfide) groups is 1. The van der Waals surface area contributed by atoms with Gasteiger partial charge in [0, 0.05) is 25.9 Å². The second-order valence-electron chi connectivity index (χ2n) is 4.16. The number of rotatable bonds is 6. The molecule has 1 aromatic heterocycles. The van der Waals surface area contributed by atoms with Gasteiger partial charge in [0.2, 0.25) is 5.16 Å². The molecule has 0 radical (unpaired) electrons. The lowest BCUT2D eigenvalue weighted by atomic mass is 10.2. The Morgan fingerprint density at radius 2 is 2.06 bits per heavy atom. The van der Waals surface area contributed by atoms with Crippen molar-refractivity contribution >= 4 is 11.8 Å². The SMILES string of the molecule is CN(CCSc1nnnn1C)Cc1ccccc1. The third kappa shape index (κ3) is 3.82. The molecule has 5 nitrogen and oxygen atoms in total. The van der Waals surface area contributed by atoms with Gasteiger partial charge in [-0.1, -0.05) is 42.1 Å². The van der Waals surface area contributed by atoms with Crippen LogP contribution in [-0.4, -0.2) is 44.5 Å². The summed E-state index contributed by atoms with van der Waals surface area (Å²) in [5, 5.41) is 12.2. The molecule has 0 spiro atoms. The predicted octanol–water partition coefficient (Wildman–Crippen LogP) is 1.43. The number of benzene rings is 1. The summed E-state index contributed by atoms with van der Waals surface area (Å²) in [5.41, 5.74) is 1.34. The summed E-state index contributed by atoms with van der Waals surface area (Å²) in [7, 11) is 3.98. The van der Waals surface area contributed by atoms with Crippen LogP contribution in [0.5, 0.6) is 0 Å². The van der Waals surface area contributed by atoms with Crippen LogP contribution in [0.4, 0.5) is 0 Å². The molecular weight excluding hydrogens is 246 g/mol. The molecule has 0 aliphatic rings. The molecule has 0 atom stereocenters. The van der Waals surface area contributed by atoms with E-state index in [-0.39, 0.29) is 0 Å². The minimum Gasteiger partial charge on any atom is -0.301 e. The third-order valence-electron chi connectivity index (χ3n) is 2.58. The molecule has 1 aromatic carbocycles.